The lowest BCUT2D eigenvalue weighted by Crippen LogP contribution is -2.45. The molecule has 3 rings (SSSR count). The molecule has 0 aliphatic carbocycles. The standard InChI is InChI=1S/C16H18N4O3S2/c1-11(20-25(22,23)15-7-4-10-24-15)16(21)17-9-8-14-18-12-5-2-3-6-13(12)19-14/h2-7,10-11,20H,8-9H2,1H3,(H,17,21)(H,18,19). The third-order valence-corrected chi connectivity index (χ3v) is 6.52. The molecule has 0 spiro atoms. The van der Waals surface area contributed by atoms with Crippen molar-refractivity contribution in [3.05, 3.63) is 47.6 Å². The number of aromatic nitrogens is 2. The van der Waals surface area contributed by atoms with Crippen molar-refractivity contribution in [2.45, 2.75) is 23.6 Å². The van der Waals surface area contributed by atoms with Gasteiger partial charge < -0.3 is 10.3 Å². The molecule has 0 saturated carbocycles. The third-order valence-electron chi connectivity index (χ3n) is 3.58. The Morgan fingerprint density at radius 2 is 2.08 bits per heavy atom. The molecule has 1 unspecified atom stereocenters. The molecule has 0 radical (unpaired) electrons. The van der Waals surface area contributed by atoms with Crippen molar-refractivity contribution in [1.82, 2.24) is 20.0 Å². The highest BCUT2D eigenvalue weighted by Gasteiger charge is 2.22. The Morgan fingerprint density at radius 1 is 1.28 bits per heavy atom. The van der Waals surface area contributed by atoms with Crippen molar-refractivity contribution in [3.63, 3.8) is 0 Å². The van der Waals surface area contributed by atoms with Gasteiger partial charge in [-0.2, -0.15) is 4.72 Å². The maximum absolute atomic E-state index is 12.1. The molecule has 9 heteroatoms. The second-order valence-electron chi connectivity index (χ2n) is 5.52. The summed E-state index contributed by atoms with van der Waals surface area (Å²) in [6.07, 6.45) is 0.533. The number of nitrogens with zero attached hydrogens (tertiary/aromatic N) is 1. The number of H-pyrrole nitrogens is 1. The molecule has 2 heterocycles. The number of nitrogens with one attached hydrogen (secondary N) is 3. The second-order valence-corrected chi connectivity index (χ2v) is 8.41. The first kappa shape index (κ1) is 17.6. The summed E-state index contributed by atoms with van der Waals surface area (Å²) in [6, 6.07) is 9.98. The van der Waals surface area contributed by atoms with Crippen LogP contribution in [0.15, 0.2) is 46.0 Å². The van der Waals surface area contributed by atoms with E-state index in [1.54, 1.807) is 11.4 Å². The van der Waals surface area contributed by atoms with E-state index in [1.165, 1.54) is 13.0 Å². The molecule has 25 heavy (non-hydrogen) atoms. The number of thiophene rings is 1. The quantitative estimate of drug-likeness (QED) is 0.581. The molecule has 3 N–H and O–H groups in total. The molecule has 0 aliphatic rings. The van der Waals surface area contributed by atoms with Crippen LogP contribution in [0.3, 0.4) is 0 Å². The minimum atomic E-state index is -3.67. The van der Waals surface area contributed by atoms with E-state index >= 15 is 0 Å². The van der Waals surface area contributed by atoms with Crippen LogP contribution in [-0.2, 0) is 21.2 Å². The average molecular weight is 378 g/mol. The molecule has 1 atom stereocenters. The zero-order valence-corrected chi connectivity index (χ0v) is 15.2. The molecular formula is C16H18N4O3S2. The van der Waals surface area contributed by atoms with Gasteiger partial charge in [0, 0.05) is 13.0 Å². The fourth-order valence-electron chi connectivity index (χ4n) is 2.34. The van der Waals surface area contributed by atoms with E-state index < -0.39 is 16.1 Å². The van der Waals surface area contributed by atoms with Crippen LogP contribution >= 0.6 is 11.3 Å². The number of carbonyl (C=O) groups excluding carboxylic acids is 1. The first-order valence-corrected chi connectivity index (χ1v) is 10.1. The maximum Gasteiger partial charge on any atom is 0.250 e. The summed E-state index contributed by atoms with van der Waals surface area (Å²) in [5, 5.41) is 4.39. The van der Waals surface area contributed by atoms with Gasteiger partial charge in [0.25, 0.3) is 10.0 Å². The number of para-hydroxylation sites is 2. The molecule has 0 saturated heterocycles. The Kier molecular flexibility index (Phi) is 5.16. The molecule has 0 fully saturated rings. The van der Waals surface area contributed by atoms with E-state index in [-0.39, 0.29) is 10.1 Å². The number of amides is 1. The Morgan fingerprint density at radius 3 is 2.80 bits per heavy atom. The van der Waals surface area contributed by atoms with Crippen molar-refractivity contribution in [2.75, 3.05) is 6.54 Å². The maximum atomic E-state index is 12.1. The number of carbonyl (C=O) groups is 1. The van der Waals surface area contributed by atoms with E-state index in [2.05, 4.69) is 20.0 Å². The monoisotopic (exact) mass is 378 g/mol. The first-order valence-electron chi connectivity index (χ1n) is 7.73. The number of hydrogen-bond donors (Lipinski definition) is 3. The summed E-state index contributed by atoms with van der Waals surface area (Å²) < 4.78 is 26.8. The van der Waals surface area contributed by atoms with Crippen molar-refractivity contribution >= 4 is 38.3 Å². The number of fused-ring (bicyclic) bond motifs is 1. The van der Waals surface area contributed by atoms with Gasteiger partial charge in [0.1, 0.15) is 10.0 Å². The van der Waals surface area contributed by atoms with Crippen LogP contribution in [0.2, 0.25) is 0 Å². The zero-order valence-electron chi connectivity index (χ0n) is 13.5. The Hall–Kier alpha value is -2.23. The highest BCUT2D eigenvalue weighted by Crippen LogP contribution is 2.15. The molecule has 1 aromatic carbocycles. The Labute approximate surface area is 149 Å². The van der Waals surface area contributed by atoms with E-state index in [9.17, 15) is 13.2 Å². The van der Waals surface area contributed by atoms with E-state index in [4.69, 9.17) is 0 Å². The zero-order chi connectivity index (χ0) is 17.9. The van der Waals surface area contributed by atoms with Gasteiger partial charge in [-0.25, -0.2) is 13.4 Å². The molecule has 2 aromatic heterocycles. The highest BCUT2D eigenvalue weighted by atomic mass is 32.2. The SMILES string of the molecule is CC(NS(=O)(=O)c1cccs1)C(=O)NCCc1nc2ccccc2[nH]1. The van der Waals surface area contributed by atoms with Gasteiger partial charge in [-0.1, -0.05) is 18.2 Å². The van der Waals surface area contributed by atoms with Gasteiger partial charge >= 0.3 is 0 Å². The van der Waals surface area contributed by atoms with Crippen LogP contribution in [0.4, 0.5) is 0 Å². The largest absolute Gasteiger partial charge is 0.354 e. The lowest BCUT2D eigenvalue weighted by Gasteiger charge is -2.13. The lowest BCUT2D eigenvalue weighted by atomic mass is 10.3. The first-order chi connectivity index (χ1) is 12.0. The number of benzene rings is 1. The van der Waals surface area contributed by atoms with Gasteiger partial charge in [0.15, 0.2) is 0 Å². The number of imidazole rings is 1. The summed E-state index contributed by atoms with van der Waals surface area (Å²) in [7, 11) is -3.67. The van der Waals surface area contributed by atoms with E-state index in [1.807, 2.05) is 24.3 Å². The minimum absolute atomic E-state index is 0.189. The van der Waals surface area contributed by atoms with E-state index in [0.717, 1.165) is 28.2 Å². The van der Waals surface area contributed by atoms with E-state index in [0.29, 0.717) is 13.0 Å². The fraction of sp³-hybridized carbons (Fsp3) is 0.250. The van der Waals surface area contributed by atoms with Gasteiger partial charge in [0.2, 0.25) is 5.91 Å². The Balaban J connectivity index is 1.51. The van der Waals surface area contributed by atoms with Gasteiger partial charge in [0.05, 0.1) is 17.1 Å². The minimum Gasteiger partial charge on any atom is -0.354 e. The number of rotatable bonds is 7. The molecule has 3 aromatic rings. The topological polar surface area (TPSA) is 104 Å². The molecule has 132 valence electrons. The number of sulfonamides is 1. The van der Waals surface area contributed by atoms with Crippen molar-refractivity contribution < 1.29 is 13.2 Å². The average Bonchev–Trinajstić information content (AvgIpc) is 3.23. The summed E-state index contributed by atoms with van der Waals surface area (Å²) in [5.74, 6) is 0.393. The Bertz CT molecular complexity index is 931. The van der Waals surface area contributed by atoms with Crippen LogP contribution < -0.4 is 10.0 Å². The van der Waals surface area contributed by atoms with Crippen molar-refractivity contribution in [1.29, 1.82) is 0 Å². The predicted molar refractivity (Wildman–Crippen MR) is 96.9 cm³/mol. The van der Waals surface area contributed by atoms with Crippen molar-refractivity contribution in [3.8, 4) is 0 Å². The second kappa shape index (κ2) is 7.34. The fourth-order valence-corrected chi connectivity index (χ4v) is 4.55. The van der Waals surface area contributed by atoms with Gasteiger partial charge in [-0.05, 0) is 30.5 Å². The highest BCUT2D eigenvalue weighted by molar-refractivity contribution is 7.91. The van der Waals surface area contributed by atoms with Gasteiger partial charge in [-0.3, -0.25) is 4.79 Å². The smallest absolute Gasteiger partial charge is 0.250 e. The van der Waals surface area contributed by atoms with Crippen LogP contribution in [-0.4, -0.2) is 36.9 Å². The third kappa shape index (κ3) is 4.25. The van der Waals surface area contributed by atoms with Crippen LogP contribution in [0.5, 0.6) is 0 Å². The van der Waals surface area contributed by atoms with Gasteiger partial charge in [-0.15, -0.1) is 11.3 Å². The van der Waals surface area contributed by atoms with Crippen LogP contribution in [0.25, 0.3) is 11.0 Å². The van der Waals surface area contributed by atoms with Crippen LogP contribution in [0, 0.1) is 0 Å². The normalized spacial score (nSPS) is 13.0. The lowest BCUT2D eigenvalue weighted by molar-refractivity contribution is -0.122. The molecule has 0 bridgehead atoms. The molecular weight excluding hydrogens is 360 g/mol. The summed E-state index contributed by atoms with van der Waals surface area (Å²) in [4.78, 5) is 19.7. The molecule has 0 aliphatic heterocycles. The molecule has 7 nitrogen and oxygen atoms in total. The number of hydrogen-bond acceptors (Lipinski definition) is 5. The molecule has 1 amide bonds. The van der Waals surface area contributed by atoms with Crippen molar-refractivity contribution in [2.24, 2.45) is 0 Å². The predicted octanol–water partition coefficient (Wildman–Crippen LogP) is 1.65. The summed E-state index contributed by atoms with van der Waals surface area (Å²) >= 11 is 1.11. The number of aromatic amines is 1. The summed E-state index contributed by atoms with van der Waals surface area (Å²) in [6.45, 7) is 1.88. The summed E-state index contributed by atoms with van der Waals surface area (Å²) in [5.41, 5.74) is 1.82. The van der Waals surface area contributed by atoms with Crippen LogP contribution in [0.1, 0.15) is 12.7 Å².